The van der Waals surface area contributed by atoms with Gasteiger partial charge in [0.25, 0.3) is 0 Å². The summed E-state index contributed by atoms with van der Waals surface area (Å²) < 4.78 is 5.59. The molecule has 1 aromatic carbocycles. The van der Waals surface area contributed by atoms with Crippen molar-refractivity contribution in [3.63, 3.8) is 0 Å². The van der Waals surface area contributed by atoms with Crippen molar-refractivity contribution in [2.45, 2.75) is 34.1 Å². The van der Waals surface area contributed by atoms with Crippen LogP contribution in [0.15, 0.2) is 18.2 Å². The van der Waals surface area contributed by atoms with Gasteiger partial charge in [-0.1, -0.05) is 12.1 Å². The first kappa shape index (κ1) is 17.0. The number of amides is 1. The van der Waals surface area contributed by atoms with Gasteiger partial charge < -0.3 is 15.2 Å². The summed E-state index contributed by atoms with van der Waals surface area (Å²) in [4.78, 5) is 22.6. The lowest BCUT2D eigenvalue weighted by atomic mass is 9.94. The van der Waals surface area contributed by atoms with Gasteiger partial charge in [-0.15, -0.1) is 0 Å². The highest BCUT2D eigenvalue weighted by molar-refractivity contribution is 5.78. The average Bonchev–Trinajstić information content (AvgIpc) is 2.41. The number of aliphatic carboxylic acids is 1. The van der Waals surface area contributed by atoms with Crippen molar-refractivity contribution in [2.24, 2.45) is 5.41 Å². The fraction of sp³-hybridized carbons (Fsp3) is 0.500. The van der Waals surface area contributed by atoms with Gasteiger partial charge in [0.05, 0.1) is 18.4 Å². The summed E-state index contributed by atoms with van der Waals surface area (Å²) in [6, 6.07) is 5.78. The Hall–Kier alpha value is -2.04. The van der Waals surface area contributed by atoms with Crippen molar-refractivity contribution in [1.29, 1.82) is 0 Å². The highest BCUT2D eigenvalue weighted by Gasteiger charge is 2.27. The number of carbonyl (C=O) groups is 2. The summed E-state index contributed by atoms with van der Waals surface area (Å²) in [6.07, 6.45) is 0.198. The van der Waals surface area contributed by atoms with E-state index in [1.807, 2.05) is 32.0 Å². The van der Waals surface area contributed by atoms with Gasteiger partial charge >= 0.3 is 5.97 Å². The van der Waals surface area contributed by atoms with Crippen LogP contribution in [0.4, 0.5) is 0 Å². The van der Waals surface area contributed by atoms with Crippen LogP contribution in [-0.4, -0.2) is 30.1 Å². The highest BCUT2D eigenvalue weighted by Crippen LogP contribution is 2.20. The summed E-state index contributed by atoms with van der Waals surface area (Å²) in [5.41, 5.74) is 1.23. The molecule has 0 bridgehead atoms. The van der Waals surface area contributed by atoms with Crippen molar-refractivity contribution >= 4 is 11.9 Å². The first-order valence-electron chi connectivity index (χ1n) is 6.93. The van der Waals surface area contributed by atoms with E-state index in [1.54, 1.807) is 13.8 Å². The standard InChI is InChI=1S/C16H23NO4/c1-11-6-5-7-13(12(11)2)21-9-8-14(18)17-10-16(3,4)15(19)20/h5-7H,8-10H2,1-4H3,(H,17,18)(H,19,20). The molecular weight excluding hydrogens is 270 g/mol. The number of carboxylic acid groups (broad SMARTS) is 1. The van der Waals surface area contributed by atoms with Gasteiger partial charge in [-0.2, -0.15) is 0 Å². The zero-order valence-electron chi connectivity index (χ0n) is 13.0. The molecule has 116 valence electrons. The van der Waals surface area contributed by atoms with Crippen LogP contribution in [-0.2, 0) is 9.59 Å². The van der Waals surface area contributed by atoms with Crippen LogP contribution >= 0.6 is 0 Å². The molecule has 0 fully saturated rings. The molecule has 1 aromatic rings. The summed E-state index contributed by atoms with van der Waals surface area (Å²) in [5.74, 6) is -0.377. The third-order valence-electron chi connectivity index (χ3n) is 3.45. The van der Waals surface area contributed by atoms with Crippen molar-refractivity contribution in [2.75, 3.05) is 13.2 Å². The van der Waals surface area contributed by atoms with Crippen molar-refractivity contribution in [3.8, 4) is 5.75 Å². The molecule has 0 unspecified atom stereocenters. The number of aryl methyl sites for hydroxylation is 1. The lowest BCUT2D eigenvalue weighted by molar-refractivity contribution is -0.146. The second-order valence-electron chi connectivity index (χ2n) is 5.76. The smallest absolute Gasteiger partial charge is 0.310 e. The molecule has 0 aliphatic carbocycles. The number of nitrogens with one attached hydrogen (secondary N) is 1. The van der Waals surface area contributed by atoms with E-state index in [1.165, 1.54) is 0 Å². The molecule has 0 saturated heterocycles. The normalized spacial score (nSPS) is 11.0. The van der Waals surface area contributed by atoms with Gasteiger partial charge in [-0.3, -0.25) is 9.59 Å². The van der Waals surface area contributed by atoms with E-state index in [9.17, 15) is 9.59 Å². The third-order valence-corrected chi connectivity index (χ3v) is 3.45. The lowest BCUT2D eigenvalue weighted by Gasteiger charge is -2.19. The number of hydrogen-bond donors (Lipinski definition) is 2. The number of benzene rings is 1. The van der Waals surface area contributed by atoms with Crippen molar-refractivity contribution < 1.29 is 19.4 Å². The van der Waals surface area contributed by atoms with Crippen molar-refractivity contribution in [1.82, 2.24) is 5.32 Å². The second-order valence-corrected chi connectivity index (χ2v) is 5.76. The van der Waals surface area contributed by atoms with Gasteiger partial charge in [0.1, 0.15) is 5.75 Å². The SMILES string of the molecule is Cc1cccc(OCCC(=O)NCC(C)(C)C(=O)O)c1C. The average molecular weight is 293 g/mol. The van der Waals surface area contributed by atoms with Crippen LogP contribution in [0.3, 0.4) is 0 Å². The first-order valence-corrected chi connectivity index (χ1v) is 6.93. The van der Waals surface area contributed by atoms with E-state index in [-0.39, 0.29) is 25.5 Å². The minimum atomic E-state index is -0.969. The molecule has 0 saturated carbocycles. The predicted molar refractivity (Wildman–Crippen MR) is 80.5 cm³/mol. The van der Waals surface area contributed by atoms with E-state index in [2.05, 4.69) is 5.32 Å². The molecule has 0 heterocycles. The van der Waals surface area contributed by atoms with E-state index in [0.29, 0.717) is 0 Å². The summed E-state index contributed by atoms with van der Waals surface area (Å²) in [5, 5.41) is 11.6. The third kappa shape index (κ3) is 5.10. The topological polar surface area (TPSA) is 75.6 Å². The number of ether oxygens (including phenoxy) is 1. The molecule has 0 aromatic heterocycles. The van der Waals surface area contributed by atoms with Crippen LogP contribution in [0, 0.1) is 19.3 Å². The molecule has 1 amide bonds. The minimum Gasteiger partial charge on any atom is -0.493 e. The minimum absolute atomic E-state index is 0.102. The maximum Gasteiger partial charge on any atom is 0.310 e. The fourth-order valence-corrected chi connectivity index (χ4v) is 1.62. The molecule has 0 spiro atoms. The molecule has 5 nitrogen and oxygen atoms in total. The van der Waals surface area contributed by atoms with E-state index < -0.39 is 11.4 Å². The van der Waals surface area contributed by atoms with Gasteiger partial charge in [0.15, 0.2) is 0 Å². The molecule has 1 rings (SSSR count). The molecule has 5 heteroatoms. The number of rotatable bonds is 7. The first-order chi connectivity index (χ1) is 9.74. The quantitative estimate of drug-likeness (QED) is 0.809. The van der Waals surface area contributed by atoms with Crippen LogP contribution in [0.2, 0.25) is 0 Å². The molecule has 0 aliphatic rings. The zero-order valence-corrected chi connectivity index (χ0v) is 13.0. The Kier molecular flexibility index (Phi) is 5.76. The van der Waals surface area contributed by atoms with Crippen LogP contribution in [0.25, 0.3) is 0 Å². The molecular formula is C16H23NO4. The summed E-state index contributed by atoms with van der Waals surface area (Å²) >= 11 is 0. The van der Waals surface area contributed by atoms with E-state index in [4.69, 9.17) is 9.84 Å². The van der Waals surface area contributed by atoms with Gasteiger partial charge in [-0.05, 0) is 44.9 Å². The Labute approximate surface area is 125 Å². The van der Waals surface area contributed by atoms with Crippen LogP contribution < -0.4 is 10.1 Å². The Morgan fingerprint density at radius 3 is 2.57 bits per heavy atom. The van der Waals surface area contributed by atoms with Crippen LogP contribution in [0.5, 0.6) is 5.75 Å². The number of carboxylic acids is 1. The monoisotopic (exact) mass is 293 g/mol. The summed E-state index contributed by atoms with van der Waals surface area (Å²) in [6.45, 7) is 7.49. The fourth-order valence-electron chi connectivity index (χ4n) is 1.62. The van der Waals surface area contributed by atoms with Gasteiger partial charge in [0, 0.05) is 6.54 Å². The molecule has 0 radical (unpaired) electrons. The van der Waals surface area contributed by atoms with Crippen molar-refractivity contribution in [3.05, 3.63) is 29.3 Å². The highest BCUT2D eigenvalue weighted by atomic mass is 16.5. The predicted octanol–water partition coefficient (Wildman–Crippen LogP) is 2.30. The summed E-state index contributed by atoms with van der Waals surface area (Å²) in [7, 11) is 0. The molecule has 2 N–H and O–H groups in total. The van der Waals surface area contributed by atoms with Crippen LogP contribution in [0.1, 0.15) is 31.4 Å². The lowest BCUT2D eigenvalue weighted by Crippen LogP contribution is -2.39. The number of carbonyl (C=O) groups excluding carboxylic acids is 1. The maximum atomic E-state index is 11.7. The molecule has 21 heavy (non-hydrogen) atoms. The van der Waals surface area contributed by atoms with E-state index >= 15 is 0 Å². The van der Waals surface area contributed by atoms with E-state index in [0.717, 1.165) is 16.9 Å². The van der Waals surface area contributed by atoms with Gasteiger partial charge in [0.2, 0.25) is 5.91 Å². The Morgan fingerprint density at radius 2 is 1.95 bits per heavy atom. The molecule has 0 atom stereocenters. The zero-order chi connectivity index (χ0) is 16.0. The maximum absolute atomic E-state index is 11.7. The Morgan fingerprint density at radius 1 is 1.29 bits per heavy atom. The largest absolute Gasteiger partial charge is 0.493 e. The number of hydrogen-bond acceptors (Lipinski definition) is 3. The molecule has 0 aliphatic heterocycles. The second kappa shape index (κ2) is 7.11. The Bertz CT molecular complexity index is 523. The Balaban J connectivity index is 2.37. The van der Waals surface area contributed by atoms with Gasteiger partial charge in [-0.25, -0.2) is 0 Å².